The van der Waals surface area contributed by atoms with Crippen LogP contribution in [0.4, 0.5) is 0 Å². The molecule has 0 aromatic carbocycles. The van der Waals surface area contributed by atoms with Gasteiger partial charge in [-0.25, -0.2) is 4.79 Å². The molecule has 0 aliphatic heterocycles. The summed E-state index contributed by atoms with van der Waals surface area (Å²) in [5, 5.41) is 11.4. The van der Waals surface area contributed by atoms with Crippen LogP contribution in [0.5, 0.6) is 0 Å². The van der Waals surface area contributed by atoms with Gasteiger partial charge in [0.25, 0.3) is 5.91 Å². The number of carbonyl (C=O) groups excluding carboxylic acids is 1. The monoisotopic (exact) mass is 224 g/mol. The molecule has 5 nitrogen and oxygen atoms in total. The highest BCUT2D eigenvalue weighted by atomic mass is 16.4. The number of carbonyl (C=O) groups is 2. The topological polar surface area (TPSA) is 71.3 Å². The van der Waals surface area contributed by atoms with Crippen molar-refractivity contribution in [2.24, 2.45) is 7.05 Å². The van der Waals surface area contributed by atoms with Crippen LogP contribution in [0.15, 0.2) is 12.1 Å². The lowest BCUT2D eigenvalue weighted by molar-refractivity contribution is -0.143. The van der Waals surface area contributed by atoms with Crippen LogP contribution in [0.2, 0.25) is 0 Å². The fourth-order valence-corrected chi connectivity index (χ4v) is 1.24. The maximum absolute atomic E-state index is 11.8. The lowest BCUT2D eigenvalue weighted by Gasteiger charge is -2.21. The zero-order chi connectivity index (χ0) is 12.5. The SMILES string of the molecule is Cc1ccc(C(=O)NC(C)(C)C(=O)O)n1C. The van der Waals surface area contributed by atoms with Crippen molar-refractivity contribution < 1.29 is 14.7 Å². The van der Waals surface area contributed by atoms with E-state index in [1.807, 2.05) is 13.0 Å². The standard InChI is InChI=1S/C11H16N2O3/c1-7-5-6-8(13(7)4)9(14)12-11(2,3)10(15)16/h5-6H,1-4H3,(H,12,14)(H,15,16). The summed E-state index contributed by atoms with van der Waals surface area (Å²) >= 11 is 0. The minimum absolute atomic E-state index is 0.386. The van der Waals surface area contributed by atoms with E-state index in [0.717, 1.165) is 5.69 Å². The molecule has 0 saturated carbocycles. The minimum atomic E-state index is -1.27. The summed E-state index contributed by atoms with van der Waals surface area (Å²) in [7, 11) is 1.76. The number of carboxylic acids is 1. The van der Waals surface area contributed by atoms with Gasteiger partial charge in [0.2, 0.25) is 0 Å². The van der Waals surface area contributed by atoms with Gasteiger partial charge >= 0.3 is 5.97 Å². The number of carboxylic acid groups (broad SMARTS) is 1. The van der Waals surface area contributed by atoms with Crippen LogP contribution in [0.3, 0.4) is 0 Å². The number of aryl methyl sites for hydroxylation is 1. The Balaban J connectivity index is 2.89. The highest BCUT2D eigenvalue weighted by Crippen LogP contribution is 2.09. The Morgan fingerprint density at radius 3 is 2.31 bits per heavy atom. The van der Waals surface area contributed by atoms with Gasteiger partial charge in [-0.15, -0.1) is 0 Å². The quantitative estimate of drug-likeness (QED) is 0.802. The molecule has 1 rings (SSSR count). The van der Waals surface area contributed by atoms with Crippen LogP contribution in [-0.2, 0) is 11.8 Å². The first-order valence-electron chi connectivity index (χ1n) is 4.94. The predicted molar refractivity (Wildman–Crippen MR) is 59.3 cm³/mol. The lowest BCUT2D eigenvalue weighted by Crippen LogP contribution is -2.50. The maximum Gasteiger partial charge on any atom is 0.328 e. The molecule has 0 aliphatic carbocycles. The Kier molecular flexibility index (Phi) is 3.07. The number of aliphatic carboxylic acids is 1. The van der Waals surface area contributed by atoms with Gasteiger partial charge in [-0.05, 0) is 32.9 Å². The molecular formula is C11H16N2O3. The van der Waals surface area contributed by atoms with Crippen molar-refractivity contribution >= 4 is 11.9 Å². The van der Waals surface area contributed by atoms with E-state index in [-0.39, 0.29) is 5.91 Å². The fourth-order valence-electron chi connectivity index (χ4n) is 1.24. The zero-order valence-corrected chi connectivity index (χ0v) is 9.87. The van der Waals surface area contributed by atoms with Crippen molar-refractivity contribution in [2.75, 3.05) is 0 Å². The van der Waals surface area contributed by atoms with Crippen LogP contribution in [0.25, 0.3) is 0 Å². The van der Waals surface area contributed by atoms with Crippen LogP contribution < -0.4 is 5.32 Å². The van der Waals surface area contributed by atoms with E-state index in [2.05, 4.69) is 5.32 Å². The van der Waals surface area contributed by atoms with E-state index < -0.39 is 11.5 Å². The van der Waals surface area contributed by atoms with Crippen molar-refractivity contribution in [3.63, 3.8) is 0 Å². The highest BCUT2D eigenvalue weighted by molar-refractivity contribution is 5.96. The maximum atomic E-state index is 11.8. The molecular weight excluding hydrogens is 208 g/mol. The second kappa shape index (κ2) is 4.00. The summed E-state index contributed by atoms with van der Waals surface area (Å²) in [6.45, 7) is 4.77. The molecule has 0 saturated heterocycles. The van der Waals surface area contributed by atoms with E-state index in [1.165, 1.54) is 13.8 Å². The Morgan fingerprint density at radius 2 is 1.94 bits per heavy atom. The molecule has 1 amide bonds. The molecule has 88 valence electrons. The molecule has 16 heavy (non-hydrogen) atoms. The Bertz CT molecular complexity index is 432. The molecule has 1 heterocycles. The average molecular weight is 224 g/mol. The Morgan fingerprint density at radius 1 is 1.38 bits per heavy atom. The van der Waals surface area contributed by atoms with Crippen LogP contribution >= 0.6 is 0 Å². The number of nitrogens with zero attached hydrogens (tertiary/aromatic N) is 1. The van der Waals surface area contributed by atoms with Crippen molar-refractivity contribution in [3.05, 3.63) is 23.5 Å². The molecule has 0 fully saturated rings. The van der Waals surface area contributed by atoms with Gasteiger partial charge in [0, 0.05) is 12.7 Å². The Labute approximate surface area is 94.1 Å². The second-order valence-electron chi connectivity index (χ2n) is 4.30. The van der Waals surface area contributed by atoms with Gasteiger partial charge < -0.3 is 15.0 Å². The number of hydrogen-bond acceptors (Lipinski definition) is 2. The predicted octanol–water partition coefficient (Wildman–Crippen LogP) is 0.927. The first-order chi connectivity index (χ1) is 7.25. The van der Waals surface area contributed by atoms with Gasteiger partial charge in [-0.2, -0.15) is 0 Å². The first kappa shape index (κ1) is 12.3. The minimum Gasteiger partial charge on any atom is -0.480 e. The van der Waals surface area contributed by atoms with Crippen LogP contribution in [0.1, 0.15) is 30.0 Å². The second-order valence-corrected chi connectivity index (χ2v) is 4.30. The van der Waals surface area contributed by atoms with Crippen LogP contribution in [0, 0.1) is 6.92 Å². The number of rotatable bonds is 3. The molecule has 0 atom stereocenters. The fraction of sp³-hybridized carbons (Fsp3) is 0.455. The van der Waals surface area contributed by atoms with E-state index in [1.54, 1.807) is 17.7 Å². The summed E-state index contributed by atoms with van der Waals surface area (Å²) in [5.41, 5.74) is 0.125. The van der Waals surface area contributed by atoms with E-state index in [4.69, 9.17) is 5.11 Å². The summed E-state index contributed by atoms with van der Waals surface area (Å²) in [5.74, 6) is -1.45. The summed E-state index contributed by atoms with van der Waals surface area (Å²) in [6.07, 6.45) is 0. The average Bonchev–Trinajstić information content (AvgIpc) is 2.46. The van der Waals surface area contributed by atoms with E-state index in [9.17, 15) is 9.59 Å². The van der Waals surface area contributed by atoms with Crippen molar-refractivity contribution in [2.45, 2.75) is 26.3 Å². The van der Waals surface area contributed by atoms with Gasteiger partial charge in [0.1, 0.15) is 11.2 Å². The third-order valence-electron chi connectivity index (χ3n) is 2.57. The van der Waals surface area contributed by atoms with E-state index >= 15 is 0 Å². The summed E-state index contributed by atoms with van der Waals surface area (Å²) < 4.78 is 1.72. The summed E-state index contributed by atoms with van der Waals surface area (Å²) in [4.78, 5) is 22.7. The van der Waals surface area contributed by atoms with Gasteiger partial charge in [-0.1, -0.05) is 0 Å². The molecule has 2 N–H and O–H groups in total. The smallest absolute Gasteiger partial charge is 0.328 e. The van der Waals surface area contributed by atoms with Gasteiger partial charge in [0.05, 0.1) is 0 Å². The lowest BCUT2D eigenvalue weighted by atomic mass is 10.1. The molecule has 1 aromatic rings. The first-order valence-corrected chi connectivity index (χ1v) is 4.94. The van der Waals surface area contributed by atoms with Gasteiger partial charge in [0.15, 0.2) is 0 Å². The number of nitrogens with one attached hydrogen (secondary N) is 1. The van der Waals surface area contributed by atoms with Crippen molar-refractivity contribution in [3.8, 4) is 0 Å². The molecule has 5 heteroatoms. The normalized spacial score (nSPS) is 11.2. The van der Waals surface area contributed by atoms with E-state index in [0.29, 0.717) is 5.69 Å². The third kappa shape index (κ3) is 2.24. The zero-order valence-electron chi connectivity index (χ0n) is 9.87. The molecule has 0 spiro atoms. The van der Waals surface area contributed by atoms with Crippen molar-refractivity contribution in [1.29, 1.82) is 0 Å². The molecule has 0 radical (unpaired) electrons. The molecule has 1 aromatic heterocycles. The van der Waals surface area contributed by atoms with Crippen molar-refractivity contribution in [1.82, 2.24) is 9.88 Å². The number of aromatic nitrogens is 1. The van der Waals surface area contributed by atoms with Gasteiger partial charge in [-0.3, -0.25) is 4.79 Å². The van der Waals surface area contributed by atoms with Crippen LogP contribution in [-0.4, -0.2) is 27.1 Å². The third-order valence-corrected chi connectivity index (χ3v) is 2.57. The molecule has 0 bridgehead atoms. The number of hydrogen-bond donors (Lipinski definition) is 2. The molecule has 0 unspecified atom stereocenters. The largest absolute Gasteiger partial charge is 0.480 e. The summed E-state index contributed by atoms with van der Waals surface area (Å²) in [6, 6.07) is 3.48. The number of amides is 1. The highest BCUT2D eigenvalue weighted by Gasteiger charge is 2.29. The molecule has 0 aliphatic rings. The Hall–Kier alpha value is -1.78.